The second-order valence-corrected chi connectivity index (χ2v) is 7.44. The molecule has 2 heterocycles. The summed E-state index contributed by atoms with van der Waals surface area (Å²) in [5.74, 6) is -1.21. The van der Waals surface area contributed by atoms with E-state index in [9.17, 15) is 35.4 Å². The Kier molecular flexibility index (Phi) is 6.15. The van der Waals surface area contributed by atoms with Crippen LogP contribution in [-0.4, -0.2) is 75.1 Å². The van der Waals surface area contributed by atoms with Crippen molar-refractivity contribution in [3.8, 4) is 34.3 Å². The third-order valence-corrected chi connectivity index (χ3v) is 5.38. The highest BCUT2D eigenvalue weighted by atomic mass is 16.7. The van der Waals surface area contributed by atoms with E-state index >= 15 is 0 Å². The highest BCUT2D eigenvalue weighted by Crippen LogP contribution is 2.43. The summed E-state index contributed by atoms with van der Waals surface area (Å²) >= 11 is 0. The van der Waals surface area contributed by atoms with Gasteiger partial charge in [-0.25, -0.2) is 0 Å². The topological polar surface area (TPSA) is 179 Å². The van der Waals surface area contributed by atoms with Gasteiger partial charge in [0.05, 0.1) is 19.3 Å². The molecule has 0 aliphatic carbocycles. The van der Waals surface area contributed by atoms with Crippen molar-refractivity contribution in [3.05, 3.63) is 46.6 Å². The van der Waals surface area contributed by atoms with Crippen LogP contribution in [0.4, 0.5) is 0 Å². The molecule has 0 spiro atoms. The summed E-state index contributed by atoms with van der Waals surface area (Å²) in [5, 5.41) is 60.1. The molecule has 4 rings (SSSR count). The average molecular weight is 462 g/mol. The number of ether oxygens (including phenoxy) is 3. The molecule has 176 valence electrons. The maximum Gasteiger partial charge on any atom is 0.229 e. The van der Waals surface area contributed by atoms with Gasteiger partial charge in [0.15, 0.2) is 16.9 Å². The number of hydrogen-bond donors (Lipinski definition) is 6. The van der Waals surface area contributed by atoms with E-state index in [1.807, 2.05) is 0 Å². The molecule has 11 nitrogen and oxygen atoms in total. The molecular weight excluding hydrogens is 440 g/mol. The summed E-state index contributed by atoms with van der Waals surface area (Å²) in [5.41, 5.74) is -0.508. The van der Waals surface area contributed by atoms with Crippen molar-refractivity contribution in [3.63, 3.8) is 0 Å². The molecule has 6 N–H and O–H groups in total. The third kappa shape index (κ3) is 3.96. The van der Waals surface area contributed by atoms with Crippen molar-refractivity contribution in [2.24, 2.45) is 0 Å². The fraction of sp³-hybridized carbons (Fsp3) is 0.318. The van der Waals surface area contributed by atoms with E-state index in [2.05, 4.69) is 0 Å². The molecule has 1 aromatic heterocycles. The van der Waals surface area contributed by atoms with Crippen molar-refractivity contribution in [2.75, 3.05) is 13.7 Å². The smallest absolute Gasteiger partial charge is 0.229 e. The molecule has 1 aliphatic heterocycles. The first kappa shape index (κ1) is 22.8. The number of aromatic hydroxyl groups is 2. The monoisotopic (exact) mass is 462 g/mol. The van der Waals surface area contributed by atoms with E-state index < -0.39 is 48.5 Å². The lowest BCUT2D eigenvalue weighted by Gasteiger charge is -2.39. The molecular formula is C22H22O11. The van der Waals surface area contributed by atoms with Gasteiger partial charge in [-0.2, -0.15) is 0 Å². The van der Waals surface area contributed by atoms with Crippen molar-refractivity contribution < 1.29 is 49.3 Å². The van der Waals surface area contributed by atoms with Crippen molar-refractivity contribution in [2.45, 2.75) is 30.7 Å². The van der Waals surface area contributed by atoms with Gasteiger partial charge in [-0.1, -0.05) is 12.1 Å². The first-order valence-corrected chi connectivity index (χ1v) is 9.90. The lowest BCUT2D eigenvalue weighted by molar-refractivity contribution is -0.277. The number of aliphatic hydroxyl groups excluding tert-OH is 4. The first-order chi connectivity index (χ1) is 15.8. The molecule has 1 fully saturated rings. The number of phenols is 2. The standard InChI is InChI=1S/C22H22O11/c1-30-21-14(32-22-20(29)19(28)17(26)15(8-23)33-22)7-13-16(18(21)27)11(25)6-12(31-13)9-4-2-3-5-10(9)24/h2-7,15,17,19-20,22-24,26-29H,8H2,1H3. The van der Waals surface area contributed by atoms with E-state index in [0.717, 1.165) is 6.07 Å². The Hall–Kier alpha value is -3.35. The normalized spacial score (nSPS) is 25.2. The minimum absolute atomic E-state index is 0.0222. The first-order valence-electron chi connectivity index (χ1n) is 9.90. The van der Waals surface area contributed by atoms with Gasteiger partial charge in [0, 0.05) is 12.1 Å². The van der Waals surface area contributed by atoms with Gasteiger partial charge in [-0.15, -0.1) is 0 Å². The van der Waals surface area contributed by atoms with Gasteiger partial charge >= 0.3 is 0 Å². The Balaban J connectivity index is 1.81. The SMILES string of the molecule is COc1c(OC2OC(CO)C(O)C(O)C2O)cc2oc(-c3ccccc3O)cc(=O)c2c1O. The van der Waals surface area contributed by atoms with Crippen molar-refractivity contribution in [1.29, 1.82) is 0 Å². The van der Waals surface area contributed by atoms with Crippen LogP contribution in [0.15, 0.2) is 45.6 Å². The number of fused-ring (bicyclic) bond motifs is 1. The quantitative estimate of drug-likeness (QED) is 0.302. The molecule has 3 aromatic rings. The minimum atomic E-state index is -1.72. The van der Waals surface area contributed by atoms with Crippen molar-refractivity contribution >= 4 is 11.0 Å². The Bertz CT molecular complexity index is 1220. The number of hydrogen-bond acceptors (Lipinski definition) is 11. The van der Waals surface area contributed by atoms with Crippen LogP contribution in [0.1, 0.15) is 0 Å². The molecule has 11 heteroatoms. The molecule has 0 radical (unpaired) electrons. The molecule has 5 unspecified atom stereocenters. The predicted molar refractivity (Wildman–Crippen MR) is 112 cm³/mol. The fourth-order valence-corrected chi connectivity index (χ4v) is 3.65. The van der Waals surface area contributed by atoms with E-state index in [4.69, 9.17) is 18.6 Å². The largest absolute Gasteiger partial charge is 0.507 e. The second-order valence-electron chi connectivity index (χ2n) is 7.44. The molecule has 5 atom stereocenters. The van der Waals surface area contributed by atoms with Crippen LogP contribution in [0.3, 0.4) is 0 Å². The van der Waals surface area contributed by atoms with Gasteiger partial charge in [0.2, 0.25) is 12.0 Å². The van der Waals surface area contributed by atoms with Crippen LogP contribution in [0.25, 0.3) is 22.3 Å². The Morgan fingerprint density at radius 2 is 1.76 bits per heavy atom. The lowest BCUT2D eigenvalue weighted by Crippen LogP contribution is -2.60. The van der Waals surface area contributed by atoms with Gasteiger partial charge in [-0.3, -0.25) is 4.79 Å². The summed E-state index contributed by atoms with van der Waals surface area (Å²) in [6, 6.07) is 8.50. The van der Waals surface area contributed by atoms with Crippen LogP contribution < -0.4 is 14.9 Å². The molecule has 2 aromatic carbocycles. The van der Waals surface area contributed by atoms with Gasteiger partial charge < -0.3 is 49.3 Å². The van der Waals surface area contributed by atoms with Crippen LogP contribution >= 0.6 is 0 Å². The summed E-state index contributed by atoms with van der Waals surface area (Å²) in [6.45, 7) is -0.663. The van der Waals surface area contributed by atoms with Crippen LogP contribution in [-0.2, 0) is 4.74 Å². The van der Waals surface area contributed by atoms with Gasteiger partial charge in [-0.05, 0) is 12.1 Å². The van der Waals surface area contributed by atoms with Gasteiger partial charge in [0.1, 0.15) is 46.9 Å². The number of phenolic OH excluding ortho intramolecular Hbond substituents is 2. The highest BCUT2D eigenvalue weighted by Gasteiger charge is 2.45. The van der Waals surface area contributed by atoms with E-state index in [-0.39, 0.29) is 39.5 Å². The van der Waals surface area contributed by atoms with Crippen LogP contribution in [0.2, 0.25) is 0 Å². The molecule has 0 bridgehead atoms. The van der Waals surface area contributed by atoms with E-state index in [1.54, 1.807) is 12.1 Å². The minimum Gasteiger partial charge on any atom is -0.507 e. The number of para-hydroxylation sites is 1. The van der Waals surface area contributed by atoms with Crippen LogP contribution in [0.5, 0.6) is 23.0 Å². The highest BCUT2D eigenvalue weighted by molar-refractivity contribution is 5.89. The summed E-state index contributed by atoms with van der Waals surface area (Å²) < 4.78 is 21.8. The Morgan fingerprint density at radius 3 is 2.42 bits per heavy atom. The van der Waals surface area contributed by atoms with Gasteiger partial charge in [0.25, 0.3) is 0 Å². The third-order valence-electron chi connectivity index (χ3n) is 5.38. The fourth-order valence-electron chi connectivity index (χ4n) is 3.65. The average Bonchev–Trinajstić information content (AvgIpc) is 2.79. The zero-order valence-corrected chi connectivity index (χ0v) is 17.3. The molecule has 0 amide bonds. The molecule has 0 saturated carbocycles. The summed E-state index contributed by atoms with van der Waals surface area (Å²) in [7, 11) is 1.21. The van der Waals surface area contributed by atoms with E-state index in [0.29, 0.717) is 0 Å². The predicted octanol–water partition coefficient (Wildman–Crippen LogP) is 0.0585. The number of benzene rings is 2. The lowest BCUT2D eigenvalue weighted by atomic mass is 9.99. The number of aliphatic hydroxyl groups is 4. The molecule has 33 heavy (non-hydrogen) atoms. The maximum absolute atomic E-state index is 12.7. The Morgan fingerprint density at radius 1 is 1.03 bits per heavy atom. The number of rotatable bonds is 5. The number of methoxy groups -OCH3 is 1. The molecule has 1 aliphatic rings. The molecule has 1 saturated heterocycles. The Labute approximate surface area is 186 Å². The second kappa shape index (κ2) is 8.89. The maximum atomic E-state index is 12.7. The summed E-state index contributed by atoms with van der Waals surface area (Å²) in [4.78, 5) is 12.7. The van der Waals surface area contributed by atoms with Crippen molar-refractivity contribution in [1.82, 2.24) is 0 Å². The summed E-state index contributed by atoms with van der Waals surface area (Å²) in [6.07, 6.45) is -7.79. The van der Waals surface area contributed by atoms with E-state index in [1.165, 1.54) is 25.3 Å². The zero-order chi connectivity index (χ0) is 23.9. The van der Waals surface area contributed by atoms with Crippen LogP contribution in [0, 0.1) is 0 Å². The zero-order valence-electron chi connectivity index (χ0n) is 17.3.